The van der Waals surface area contributed by atoms with Gasteiger partial charge in [-0.2, -0.15) is 5.10 Å². The lowest BCUT2D eigenvalue weighted by atomic mass is 10.2. The van der Waals surface area contributed by atoms with E-state index >= 15 is 0 Å². The normalized spacial score (nSPS) is 10.9. The highest BCUT2D eigenvalue weighted by Crippen LogP contribution is 2.32. The van der Waals surface area contributed by atoms with Crippen LogP contribution in [-0.4, -0.2) is 43.4 Å². The monoisotopic (exact) mass is 354 g/mol. The number of fused-ring (bicyclic) bond motifs is 1. The number of ether oxygens (including phenoxy) is 3. The van der Waals surface area contributed by atoms with Crippen LogP contribution >= 0.6 is 0 Å². The molecule has 3 rings (SSSR count). The van der Waals surface area contributed by atoms with Crippen molar-refractivity contribution in [1.29, 1.82) is 0 Å². The number of H-pyrrole nitrogens is 1. The Hall–Kier alpha value is -3.55. The minimum Gasteiger partial charge on any atom is -0.496 e. The molecule has 26 heavy (non-hydrogen) atoms. The van der Waals surface area contributed by atoms with E-state index in [1.54, 1.807) is 43.8 Å². The molecule has 0 fully saturated rings. The van der Waals surface area contributed by atoms with E-state index in [0.29, 0.717) is 28.4 Å². The van der Waals surface area contributed by atoms with Gasteiger partial charge in [0.1, 0.15) is 17.2 Å². The Morgan fingerprint density at radius 2 is 1.85 bits per heavy atom. The second-order valence-corrected chi connectivity index (χ2v) is 5.28. The predicted molar refractivity (Wildman–Crippen MR) is 97.3 cm³/mol. The summed E-state index contributed by atoms with van der Waals surface area (Å²) in [5, 5.41) is 4.01. The van der Waals surface area contributed by atoms with Gasteiger partial charge in [0.25, 0.3) is 5.91 Å². The Kier molecular flexibility index (Phi) is 5.02. The first kappa shape index (κ1) is 17.3. The molecule has 2 N–H and O–H groups in total. The van der Waals surface area contributed by atoms with Crippen LogP contribution < -0.4 is 19.6 Å². The number of carbonyl (C=O) groups is 1. The van der Waals surface area contributed by atoms with Crippen molar-refractivity contribution in [3.63, 3.8) is 0 Å². The first-order valence-corrected chi connectivity index (χ1v) is 7.72. The van der Waals surface area contributed by atoms with E-state index < -0.39 is 0 Å². The summed E-state index contributed by atoms with van der Waals surface area (Å²) in [6, 6.07) is 8.57. The van der Waals surface area contributed by atoms with E-state index in [-0.39, 0.29) is 5.91 Å². The van der Waals surface area contributed by atoms with Gasteiger partial charge < -0.3 is 19.2 Å². The Bertz CT molecular complexity index is 940. The Morgan fingerprint density at radius 1 is 1.12 bits per heavy atom. The van der Waals surface area contributed by atoms with Crippen molar-refractivity contribution in [1.82, 2.24) is 15.4 Å². The van der Waals surface area contributed by atoms with Crippen LogP contribution in [0, 0.1) is 0 Å². The summed E-state index contributed by atoms with van der Waals surface area (Å²) >= 11 is 0. The summed E-state index contributed by atoms with van der Waals surface area (Å²) in [5.74, 6) is 1.27. The third kappa shape index (κ3) is 3.44. The highest BCUT2D eigenvalue weighted by atomic mass is 16.5. The van der Waals surface area contributed by atoms with Gasteiger partial charge in [-0.25, -0.2) is 10.4 Å². The van der Waals surface area contributed by atoms with Crippen molar-refractivity contribution < 1.29 is 19.0 Å². The highest BCUT2D eigenvalue weighted by molar-refractivity contribution is 5.98. The highest BCUT2D eigenvalue weighted by Gasteiger charge is 2.12. The number of amides is 1. The predicted octanol–water partition coefficient (Wildman–Crippen LogP) is 2.35. The van der Waals surface area contributed by atoms with Gasteiger partial charge in [0.05, 0.1) is 50.5 Å². The van der Waals surface area contributed by atoms with Gasteiger partial charge in [0, 0.05) is 17.7 Å². The van der Waals surface area contributed by atoms with E-state index in [4.69, 9.17) is 14.2 Å². The van der Waals surface area contributed by atoms with Crippen molar-refractivity contribution in [3.8, 4) is 17.2 Å². The number of nitrogens with one attached hydrogen (secondary N) is 2. The molecule has 1 amide bonds. The van der Waals surface area contributed by atoms with Gasteiger partial charge in [-0.15, -0.1) is 0 Å². The number of rotatable bonds is 6. The maximum absolute atomic E-state index is 12.3. The van der Waals surface area contributed by atoms with Crippen LogP contribution in [0.25, 0.3) is 11.0 Å². The smallest absolute Gasteiger partial charge is 0.271 e. The molecule has 0 aliphatic rings. The molecule has 8 nitrogen and oxygen atoms in total. The standard InChI is InChI=1S/C18H18N4O4/c1-24-12-7-16(25-2)13(17(8-12)26-3)9-21-22-18(23)11-4-5-14-15(6-11)20-10-19-14/h4-10H,1-3H3,(H,19,20)(H,22,23)/b21-9+. The number of hydrogen-bond donors (Lipinski definition) is 2. The number of carbonyl (C=O) groups excluding carboxylic acids is 1. The molecule has 8 heteroatoms. The maximum Gasteiger partial charge on any atom is 0.271 e. The molecule has 0 bridgehead atoms. The number of aromatic amines is 1. The topological polar surface area (TPSA) is 97.8 Å². The Labute approximate surface area is 149 Å². The number of aromatic nitrogens is 2. The zero-order valence-electron chi connectivity index (χ0n) is 14.6. The quantitative estimate of drug-likeness (QED) is 0.523. The third-order valence-electron chi connectivity index (χ3n) is 3.80. The molecular weight excluding hydrogens is 336 g/mol. The molecule has 0 unspecified atom stereocenters. The van der Waals surface area contributed by atoms with Gasteiger partial charge in [0.15, 0.2) is 0 Å². The maximum atomic E-state index is 12.3. The first-order valence-electron chi connectivity index (χ1n) is 7.72. The Balaban J connectivity index is 1.80. The largest absolute Gasteiger partial charge is 0.496 e. The van der Waals surface area contributed by atoms with Crippen LogP contribution in [-0.2, 0) is 0 Å². The molecule has 0 saturated heterocycles. The average Bonchev–Trinajstić information content (AvgIpc) is 3.15. The summed E-state index contributed by atoms with van der Waals surface area (Å²) < 4.78 is 15.9. The van der Waals surface area contributed by atoms with Gasteiger partial charge in [-0.3, -0.25) is 4.79 Å². The van der Waals surface area contributed by atoms with Crippen LogP contribution in [0.4, 0.5) is 0 Å². The SMILES string of the molecule is COc1cc(OC)c(/C=N/NC(=O)c2ccc3nc[nH]c3c2)c(OC)c1. The van der Waals surface area contributed by atoms with Crippen molar-refractivity contribution in [3.05, 3.63) is 47.8 Å². The minimum atomic E-state index is -0.343. The molecule has 1 heterocycles. The number of methoxy groups -OCH3 is 3. The first-order chi connectivity index (χ1) is 12.7. The van der Waals surface area contributed by atoms with E-state index in [9.17, 15) is 4.79 Å². The van der Waals surface area contributed by atoms with Crippen molar-refractivity contribution in [2.75, 3.05) is 21.3 Å². The van der Waals surface area contributed by atoms with Gasteiger partial charge in [-0.1, -0.05) is 0 Å². The molecule has 0 radical (unpaired) electrons. The van der Waals surface area contributed by atoms with Crippen LogP contribution in [0.1, 0.15) is 15.9 Å². The van der Waals surface area contributed by atoms with Crippen LogP contribution in [0.5, 0.6) is 17.2 Å². The summed E-state index contributed by atoms with van der Waals surface area (Å²) in [5.41, 5.74) is 5.11. The van der Waals surface area contributed by atoms with Crippen molar-refractivity contribution in [2.45, 2.75) is 0 Å². The number of nitrogens with zero attached hydrogens (tertiary/aromatic N) is 2. The van der Waals surface area contributed by atoms with Crippen LogP contribution in [0.15, 0.2) is 41.8 Å². The molecule has 0 aliphatic carbocycles. The van der Waals surface area contributed by atoms with Crippen LogP contribution in [0.2, 0.25) is 0 Å². The number of imidazole rings is 1. The zero-order chi connectivity index (χ0) is 18.5. The fourth-order valence-electron chi connectivity index (χ4n) is 2.46. The van der Waals surface area contributed by atoms with E-state index in [2.05, 4.69) is 20.5 Å². The van der Waals surface area contributed by atoms with E-state index in [1.165, 1.54) is 20.4 Å². The van der Waals surface area contributed by atoms with Gasteiger partial charge in [0.2, 0.25) is 0 Å². The summed E-state index contributed by atoms with van der Waals surface area (Å²) in [4.78, 5) is 19.3. The van der Waals surface area contributed by atoms with Gasteiger partial charge >= 0.3 is 0 Å². The van der Waals surface area contributed by atoms with Crippen LogP contribution in [0.3, 0.4) is 0 Å². The summed E-state index contributed by atoms with van der Waals surface area (Å²) in [6.45, 7) is 0. The average molecular weight is 354 g/mol. The van der Waals surface area contributed by atoms with Gasteiger partial charge in [-0.05, 0) is 18.2 Å². The second kappa shape index (κ2) is 7.56. The van der Waals surface area contributed by atoms with Crippen molar-refractivity contribution >= 4 is 23.2 Å². The zero-order valence-corrected chi connectivity index (χ0v) is 14.6. The molecule has 0 saturated carbocycles. The molecule has 1 aromatic heterocycles. The van der Waals surface area contributed by atoms with E-state index in [0.717, 1.165) is 11.0 Å². The fraction of sp³-hybridized carbons (Fsp3) is 0.167. The number of hydrazone groups is 1. The van der Waals surface area contributed by atoms with Crippen molar-refractivity contribution in [2.24, 2.45) is 5.10 Å². The lowest BCUT2D eigenvalue weighted by molar-refractivity contribution is 0.0955. The number of benzene rings is 2. The molecule has 0 atom stereocenters. The van der Waals surface area contributed by atoms with E-state index in [1.807, 2.05) is 0 Å². The summed E-state index contributed by atoms with van der Waals surface area (Å²) in [7, 11) is 4.62. The second-order valence-electron chi connectivity index (χ2n) is 5.28. The third-order valence-corrected chi connectivity index (χ3v) is 3.80. The molecule has 2 aromatic carbocycles. The Morgan fingerprint density at radius 3 is 2.50 bits per heavy atom. The molecule has 0 aliphatic heterocycles. The lowest BCUT2D eigenvalue weighted by Gasteiger charge is -2.12. The molecule has 134 valence electrons. The minimum absolute atomic E-state index is 0.343. The summed E-state index contributed by atoms with van der Waals surface area (Å²) in [6.07, 6.45) is 3.04. The molecular formula is C18H18N4O4. The molecule has 3 aromatic rings. The molecule has 0 spiro atoms. The lowest BCUT2D eigenvalue weighted by Crippen LogP contribution is -2.17. The number of hydrogen-bond acceptors (Lipinski definition) is 6. The fourth-order valence-corrected chi connectivity index (χ4v) is 2.46.